The summed E-state index contributed by atoms with van der Waals surface area (Å²) < 4.78 is 44.5. The number of hydrogen-bond donors (Lipinski definition) is 2. The molecule has 0 aliphatic heterocycles. The van der Waals surface area contributed by atoms with Crippen LogP contribution in [0.4, 0.5) is 24.8 Å². The number of H-pyrrole nitrogens is 1. The van der Waals surface area contributed by atoms with Crippen LogP contribution >= 0.6 is 0 Å². The van der Waals surface area contributed by atoms with E-state index < -0.39 is 17.3 Å². The molecule has 9 heteroatoms. The first kappa shape index (κ1) is 19.4. The highest BCUT2D eigenvalue weighted by molar-refractivity contribution is 5.59. The quantitative estimate of drug-likeness (QED) is 0.667. The maximum Gasteiger partial charge on any atom is 0.418 e. The van der Waals surface area contributed by atoms with Crippen LogP contribution in [-0.2, 0) is 12.6 Å². The van der Waals surface area contributed by atoms with Crippen molar-refractivity contribution in [2.75, 3.05) is 11.9 Å². The Labute approximate surface area is 158 Å². The van der Waals surface area contributed by atoms with E-state index in [9.17, 15) is 18.0 Å². The molecule has 0 spiro atoms. The predicted molar refractivity (Wildman–Crippen MR) is 97.8 cm³/mol. The van der Waals surface area contributed by atoms with Gasteiger partial charge in [0.05, 0.1) is 17.9 Å². The zero-order chi connectivity index (χ0) is 20.1. The molecule has 0 saturated heterocycles. The summed E-state index contributed by atoms with van der Waals surface area (Å²) in [5, 5.41) is 10.1. The zero-order valence-electron chi connectivity index (χ0n) is 14.9. The molecule has 28 heavy (non-hydrogen) atoms. The molecule has 0 atom stereocenters. The first-order valence-electron chi connectivity index (χ1n) is 8.47. The van der Waals surface area contributed by atoms with Crippen molar-refractivity contribution in [2.45, 2.75) is 19.5 Å². The molecule has 0 amide bonds. The Bertz CT molecular complexity index is 1000. The number of nitrogens with zero attached hydrogens (tertiary/aromatic N) is 2. The van der Waals surface area contributed by atoms with Crippen molar-refractivity contribution >= 4 is 11.6 Å². The van der Waals surface area contributed by atoms with Gasteiger partial charge in [-0.2, -0.15) is 13.2 Å². The lowest BCUT2D eigenvalue weighted by Gasteiger charge is -2.13. The van der Waals surface area contributed by atoms with Gasteiger partial charge in [0.2, 0.25) is 5.95 Å². The lowest BCUT2D eigenvalue weighted by molar-refractivity contribution is -0.136. The molecule has 2 aromatic carbocycles. The lowest BCUT2D eigenvalue weighted by atomic mass is 10.1. The predicted octanol–water partition coefficient (Wildman–Crippen LogP) is 3.92. The number of alkyl halides is 3. The van der Waals surface area contributed by atoms with E-state index in [1.807, 2.05) is 6.92 Å². The highest BCUT2D eigenvalue weighted by atomic mass is 19.4. The summed E-state index contributed by atoms with van der Waals surface area (Å²) in [6, 6.07) is 12.1. The van der Waals surface area contributed by atoms with E-state index in [1.165, 1.54) is 18.2 Å². The van der Waals surface area contributed by atoms with Gasteiger partial charge in [-0.25, -0.2) is 0 Å². The van der Waals surface area contributed by atoms with E-state index in [1.54, 1.807) is 24.3 Å². The van der Waals surface area contributed by atoms with Crippen LogP contribution in [0.3, 0.4) is 0 Å². The van der Waals surface area contributed by atoms with Gasteiger partial charge >= 0.3 is 6.18 Å². The monoisotopic (exact) mass is 390 g/mol. The van der Waals surface area contributed by atoms with Crippen LogP contribution in [0.25, 0.3) is 0 Å². The van der Waals surface area contributed by atoms with E-state index in [0.29, 0.717) is 12.4 Å². The molecule has 0 radical (unpaired) electrons. The summed E-state index contributed by atoms with van der Waals surface area (Å²) >= 11 is 0. The molecule has 146 valence electrons. The summed E-state index contributed by atoms with van der Waals surface area (Å²) in [4.78, 5) is 14.7. The minimum absolute atomic E-state index is 0.152. The number of para-hydroxylation sites is 1. The first-order valence-corrected chi connectivity index (χ1v) is 8.47. The standard InChI is InChI=1S/C19H17F3N4O2/c1-2-28-13-9-7-12(8-10-13)11-16-17(27)24-18(26-25-16)23-15-6-4-3-5-14(15)19(20,21)22/h3-10H,2,11H2,1H3,(H2,23,24,26,27). The fraction of sp³-hybridized carbons (Fsp3) is 0.211. The highest BCUT2D eigenvalue weighted by Gasteiger charge is 2.33. The lowest BCUT2D eigenvalue weighted by Crippen LogP contribution is -2.19. The van der Waals surface area contributed by atoms with Crippen LogP contribution in [0.2, 0.25) is 0 Å². The van der Waals surface area contributed by atoms with Gasteiger partial charge in [-0.3, -0.25) is 9.78 Å². The molecule has 0 bridgehead atoms. The van der Waals surface area contributed by atoms with Gasteiger partial charge in [0.15, 0.2) is 0 Å². The molecule has 1 heterocycles. The van der Waals surface area contributed by atoms with Crippen LogP contribution in [0.15, 0.2) is 53.3 Å². The average molecular weight is 390 g/mol. The fourth-order valence-corrected chi connectivity index (χ4v) is 2.56. The maximum atomic E-state index is 13.1. The van der Waals surface area contributed by atoms with Crippen LogP contribution in [0.1, 0.15) is 23.7 Å². The van der Waals surface area contributed by atoms with E-state index in [2.05, 4.69) is 20.5 Å². The zero-order valence-corrected chi connectivity index (χ0v) is 14.9. The molecular weight excluding hydrogens is 373 g/mol. The van der Waals surface area contributed by atoms with E-state index in [0.717, 1.165) is 11.6 Å². The summed E-state index contributed by atoms with van der Waals surface area (Å²) in [7, 11) is 0. The molecule has 0 aliphatic rings. The number of aromatic nitrogens is 3. The van der Waals surface area contributed by atoms with Crippen molar-refractivity contribution in [3.8, 4) is 5.75 Å². The number of benzene rings is 2. The second-order valence-corrected chi connectivity index (χ2v) is 5.87. The van der Waals surface area contributed by atoms with E-state index in [4.69, 9.17) is 4.74 Å². The number of aromatic amines is 1. The average Bonchev–Trinajstić information content (AvgIpc) is 2.65. The largest absolute Gasteiger partial charge is 0.494 e. The van der Waals surface area contributed by atoms with Gasteiger partial charge in [-0.15, -0.1) is 10.2 Å². The van der Waals surface area contributed by atoms with Crippen LogP contribution in [0.5, 0.6) is 5.75 Å². The molecule has 6 nitrogen and oxygen atoms in total. The van der Waals surface area contributed by atoms with Crippen LogP contribution < -0.4 is 15.6 Å². The van der Waals surface area contributed by atoms with Crippen molar-refractivity contribution < 1.29 is 17.9 Å². The van der Waals surface area contributed by atoms with E-state index >= 15 is 0 Å². The SMILES string of the molecule is CCOc1ccc(Cc2nnc(Nc3ccccc3C(F)(F)F)[nH]c2=O)cc1. The summed E-state index contributed by atoms with van der Waals surface area (Å²) in [5.74, 6) is 0.547. The normalized spacial score (nSPS) is 11.3. The van der Waals surface area contributed by atoms with Gasteiger partial charge in [-0.05, 0) is 36.8 Å². The Hall–Kier alpha value is -3.36. The second-order valence-electron chi connectivity index (χ2n) is 5.87. The Morgan fingerprint density at radius 1 is 1.07 bits per heavy atom. The Balaban J connectivity index is 1.77. The van der Waals surface area contributed by atoms with Gasteiger partial charge in [0.25, 0.3) is 5.56 Å². The Kier molecular flexibility index (Phi) is 5.62. The van der Waals surface area contributed by atoms with Crippen molar-refractivity contribution in [3.05, 3.63) is 75.7 Å². The van der Waals surface area contributed by atoms with Crippen molar-refractivity contribution in [1.29, 1.82) is 0 Å². The second kappa shape index (κ2) is 8.12. The van der Waals surface area contributed by atoms with E-state index in [-0.39, 0.29) is 23.8 Å². The van der Waals surface area contributed by atoms with Gasteiger partial charge < -0.3 is 10.1 Å². The third kappa shape index (κ3) is 4.67. The third-order valence-corrected chi connectivity index (χ3v) is 3.86. The molecule has 0 saturated carbocycles. The number of anilines is 2. The number of ether oxygens (including phenoxy) is 1. The molecule has 3 rings (SSSR count). The third-order valence-electron chi connectivity index (χ3n) is 3.86. The fourth-order valence-electron chi connectivity index (χ4n) is 2.56. The molecule has 3 aromatic rings. The molecule has 0 fully saturated rings. The Morgan fingerprint density at radius 2 is 1.79 bits per heavy atom. The van der Waals surface area contributed by atoms with Crippen molar-refractivity contribution in [1.82, 2.24) is 15.2 Å². The van der Waals surface area contributed by atoms with Gasteiger partial charge in [-0.1, -0.05) is 24.3 Å². The van der Waals surface area contributed by atoms with Crippen molar-refractivity contribution in [3.63, 3.8) is 0 Å². The summed E-state index contributed by atoms with van der Waals surface area (Å²) in [6.07, 6.45) is -4.31. The minimum Gasteiger partial charge on any atom is -0.494 e. The summed E-state index contributed by atoms with van der Waals surface area (Å²) in [5.41, 5.74) is -0.642. The number of hydrogen-bond acceptors (Lipinski definition) is 5. The summed E-state index contributed by atoms with van der Waals surface area (Å²) in [6.45, 7) is 2.43. The number of halogens is 3. The highest BCUT2D eigenvalue weighted by Crippen LogP contribution is 2.35. The van der Waals surface area contributed by atoms with Crippen molar-refractivity contribution in [2.24, 2.45) is 0 Å². The minimum atomic E-state index is -4.54. The Morgan fingerprint density at radius 3 is 2.43 bits per heavy atom. The molecule has 2 N–H and O–H groups in total. The molecule has 0 unspecified atom stereocenters. The molecule has 0 aliphatic carbocycles. The van der Waals surface area contributed by atoms with Gasteiger partial charge in [0.1, 0.15) is 11.4 Å². The number of rotatable bonds is 6. The smallest absolute Gasteiger partial charge is 0.418 e. The topological polar surface area (TPSA) is 79.9 Å². The molecule has 1 aromatic heterocycles. The number of nitrogens with one attached hydrogen (secondary N) is 2. The van der Waals surface area contributed by atoms with Crippen LogP contribution in [0, 0.1) is 0 Å². The maximum absolute atomic E-state index is 13.1. The first-order chi connectivity index (χ1) is 13.4. The molecular formula is C19H17F3N4O2. The van der Waals surface area contributed by atoms with Crippen LogP contribution in [-0.4, -0.2) is 21.8 Å². The van der Waals surface area contributed by atoms with Gasteiger partial charge in [0, 0.05) is 6.42 Å².